The summed E-state index contributed by atoms with van der Waals surface area (Å²) in [7, 11) is 0. The zero-order valence-corrected chi connectivity index (χ0v) is 20.5. The summed E-state index contributed by atoms with van der Waals surface area (Å²) >= 11 is 0. The van der Waals surface area contributed by atoms with Crippen LogP contribution in [0.4, 0.5) is 8.78 Å². The zero-order chi connectivity index (χ0) is 25.0. The van der Waals surface area contributed by atoms with Crippen LogP contribution in [0.3, 0.4) is 0 Å². The molecule has 0 spiro atoms. The molecule has 0 saturated heterocycles. The smallest absolute Gasteiger partial charge is 0.123 e. The van der Waals surface area contributed by atoms with E-state index in [1.165, 1.54) is 30.7 Å². The molecule has 3 aromatic rings. The maximum Gasteiger partial charge on any atom is 0.123 e. The molecule has 0 bridgehead atoms. The van der Waals surface area contributed by atoms with Gasteiger partial charge in [0.1, 0.15) is 23.7 Å². The van der Waals surface area contributed by atoms with Crippen molar-refractivity contribution in [1.82, 2.24) is 0 Å². The fourth-order valence-corrected chi connectivity index (χ4v) is 4.34. The van der Waals surface area contributed by atoms with Gasteiger partial charge < -0.3 is 14.3 Å². The lowest BCUT2D eigenvalue weighted by atomic mass is 9.94. The largest absolute Gasteiger partial charge is 0.490 e. The highest BCUT2D eigenvalue weighted by Gasteiger charge is 2.23. The molecule has 0 heterocycles. The molecular weight excluding hydrogens is 446 g/mol. The molecule has 3 aromatic carbocycles. The molecule has 5 heteroatoms. The molecule has 0 radical (unpaired) electrons. The number of carbonyl (C=O) groups is 1. The van der Waals surface area contributed by atoms with E-state index < -0.39 is 0 Å². The minimum absolute atomic E-state index is 0.151. The van der Waals surface area contributed by atoms with E-state index in [9.17, 15) is 8.78 Å². The number of carbonyl (C=O) groups excluding carboxylic acids is 1. The first kappa shape index (κ1) is 26.6. The van der Waals surface area contributed by atoms with Crippen molar-refractivity contribution < 1.29 is 23.0 Å². The molecule has 1 aliphatic rings. The van der Waals surface area contributed by atoms with Crippen LogP contribution in [0.25, 0.3) is 11.1 Å². The van der Waals surface area contributed by atoms with Crippen LogP contribution in [0.5, 0.6) is 5.75 Å². The Kier molecular flexibility index (Phi) is 10.4. The molecule has 0 unspecified atom stereocenters. The summed E-state index contributed by atoms with van der Waals surface area (Å²) in [5, 5.41) is 0. The molecule has 1 aliphatic carbocycles. The Hall–Kier alpha value is -3.05. The number of benzene rings is 3. The molecule has 0 N–H and O–H groups in total. The Morgan fingerprint density at radius 1 is 0.886 bits per heavy atom. The van der Waals surface area contributed by atoms with Crippen molar-refractivity contribution in [2.45, 2.75) is 71.2 Å². The Morgan fingerprint density at radius 2 is 1.57 bits per heavy atom. The van der Waals surface area contributed by atoms with E-state index in [2.05, 4.69) is 19.1 Å². The number of hydrogen-bond donors (Lipinski definition) is 0. The SMILES string of the molecule is CC=O.CCCc1ccc(OC2CCC(OCc3ccc(F)cc3)CC2)cc1-c1cccc(F)c1. The van der Waals surface area contributed by atoms with Crippen molar-refractivity contribution in [3.63, 3.8) is 0 Å². The summed E-state index contributed by atoms with van der Waals surface area (Å²) in [5.74, 6) is 0.379. The van der Waals surface area contributed by atoms with Crippen LogP contribution < -0.4 is 4.74 Å². The molecule has 0 aliphatic heterocycles. The summed E-state index contributed by atoms with van der Waals surface area (Å²) in [4.78, 5) is 8.81. The summed E-state index contributed by atoms with van der Waals surface area (Å²) in [5.41, 5.74) is 4.13. The topological polar surface area (TPSA) is 35.5 Å². The van der Waals surface area contributed by atoms with E-state index in [4.69, 9.17) is 14.3 Å². The highest BCUT2D eigenvalue weighted by molar-refractivity contribution is 5.69. The van der Waals surface area contributed by atoms with Crippen LogP contribution in [-0.2, 0) is 22.6 Å². The van der Waals surface area contributed by atoms with E-state index in [0.29, 0.717) is 6.61 Å². The van der Waals surface area contributed by atoms with Crippen LogP contribution in [0, 0.1) is 11.6 Å². The number of rotatable bonds is 8. The lowest BCUT2D eigenvalue weighted by Gasteiger charge is -2.29. The number of ether oxygens (including phenoxy) is 2. The molecule has 186 valence electrons. The molecule has 35 heavy (non-hydrogen) atoms. The van der Waals surface area contributed by atoms with E-state index in [0.717, 1.165) is 67.3 Å². The van der Waals surface area contributed by atoms with Gasteiger partial charge in [-0.25, -0.2) is 8.78 Å². The minimum atomic E-state index is -0.227. The Morgan fingerprint density at radius 3 is 2.23 bits per heavy atom. The van der Waals surface area contributed by atoms with Gasteiger partial charge in [-0.1, -0.05) is 43.7 Å². The second kappa shape index (κ2) is 13.7. The van der Waals surface area contributed by atoms with Gasteiger partial charge in [-0.15, -0.1) is 0 Å². The second-order valence-corrected chi connectivity index (χ2v) is 8.77. The van der Waals surface area contributed by atoms with Crippen molar-refractivity contribution in [2.24, 2.45) is 0 Å². The maximum absolute atomic E-state index is 13.8. The highest BCUT2D eigenvalue weighted by Crippen LogP contribution is 2.32. The number of halogens is 2. The average molecular weight is 481 g/mol. The van der Waals surface area contributed by atoms with Gasteiger partial charge >= 0.3 is 0 Å². The predicted octanol–water partition coefficient (Wildman–Crippen LogP) is 7.70. The lowest BCUT2D eigenvalue weighted by Crippen LogP contribution is -2.28. The Bertz CT molecular complexity index is 1060. The highest BCUT2D eigenvalue weighted by atomic mass is 19.1. The number of hydrogen-bond acceptors (Lipinski definition) is 3. The van der Waals surface area contributed by atoms with E-state index in [1.54, 1.807) is 24.3 Å². The monoisotopic (exact) mass is 480 g/mol. The normalized spacial score (nSPS) is 17.3. The number of aryl methyl sites for hydroxylation is 1. The van der Waals surface area contributed by atoms with Crippen molar-refractivity contribution >= 4 is 6.29 Å². The third kappa shape index (κ3) is 8.29. The van der Waals surface area contributed by atoms with Gasteiger partial charge in [-0.2, -0.15) is 0 Å². The van der Waals surface area contributed by atoms with Crippen molar-refractivity contribution in [1.29, 1.82) is 0 Å². The molecular formula is C30H34F2O3. The molecule has 4 rings (SSSR count). The van der Waals surface area contributed by atoms with Crippen LogP contribution in [0.15, 0.2) is 66.7 Å². The van der Waals surface area contributed by atoms with E-state index >= 15 is 0 Å². The van der Waals surface area contributed by atoms with Crippen molar-refractivity contribution in [3.8, 4) is 16.9 Å². The molecule has 0 amide bonds. The summed E-state index contributed by atoms with van der Waals surface area (Å²) in [6, 6.07) is 19.4. The molecule has 0 atom stereocenters. The minimum Gasteiger partial charge on any atom is -0.490 e. The van der Waals surface area contributed by atoms with Gasteiger partial charge in [0.25, 0.3) is 0 Å². The van der Waals surface area contributed by atoms with Gasteiger partial charge in [-0.3, -0.25) is 0 Å². The standard InChI is InChI=1S/C28H30F2O2.C2H4O/c1-2-4-21-9-12-27(18-28(21)22-5-3-6-24(30)17-22)32-26-15-13-25(14-16-26)31-19-20-7-10-23(29)11-8-20;1-2-3/h3,5-12,17-18,25-26H,2,4,13-16,19H2,1H3;2H,1H3. The van der Waals surface area contributed by atoms with Crippen LogP contribution in [0.2, 0.25) is 0 Å². The molecule has 3 nitrogen and oxygen atoms in total. The van der Waals surface area contributed by atoms with Gasteiger partial charge in [-0.05, 0) is 97.7 Å². The first-order valence-electron chi connectivity index (χ1n) is 12.3. The van der Waals surface area contributed by atoms with E-state index in [-0.39, 0.29) is 23.8 Å². The number of aldehydes is 1. The fourth-order valence-electron chi connectivity index (χ4n) is 4.34. The zero-order valence-electron chi connectivity index (χ0n) is 20.5. The van der Waals surface area contributed by atoms with Gasteiger partial charge in [0.2, 0.25) is 0 Å². The third-order valence-electron chi connectivity index (χ3n) is 6.06. The predicted molar refractivity (Wildman–Crippen MR) is 135 cm³/mol. The third-order valence-corrected chi connectivity index (χ3v) is 6.06. The maximum atomic E-state index is 13.8. The summed E-state index contributed by atoms with van der Waals surface area (Å²) in [6.07, 6.45) is 6.83. The lowest BCUT2D eigenvalue weighted by molar-refractivity contribution is -0.106. The first-order chi connectivity index (χ1) is 17.0. The van der Waals surface area contributed by atoms with E-state index in [1.807, 2.05) is 12.1 Å². The summed E-state index contributed by atoms with van der Waals surface area (Å²) in [6.45, 7) is 4.10. The Balaban J connectivity index is 0.00000108. The van der Waals surface area contributed by atoms with Crippen molar-refractivity contribution in [2.75, 3.05) is 0 Å². The molecule has 1 fully saturated rings. The first-order valence-corrected chi connectivity index (χ1v) is 12.3. The quantitative estimate of drug-likeness (QED) is 0.310. The van der Waals surface area contributed by atoms with Gasteiger partial charge in [0, 0.05) is 0 Å². The van der Waals surface area contributed by atoms with Crippen LogP contribution in [0.1, 0.15) is 57.1 Å². The average Bonchev–Trinajstić information content (AvgIpc) is 2.86. The molecule has 0 aromatic heterocycles. The second-order valence-electron chi connectivity index (χ2n) is 8.77. The van der Waals surface area contributed by atoms with Crippen LogP contribution >= 0.6 is 0 Å². The molecule has 1 saturated carbocycles. The van der Waals surface area contributed by atoms with Gasteiger partial charge in [0.05, 0.1) is 18.8 Å². The van der Waals surface area contributed by atoms with Crippen molar-refractivity contribution in [3.05, 3.63) is 89.5 Å². The van der Waals surface area contributed by atoms with Gasteiger partial charge in [0.15, 0.2) is 0 Å². The fraction of sp³-hybridized carbons (Fsp3) is 0.367. The summed E-state index contributed by atoms with van der Waals surface area (Å²) < 4.78 is 39.2. The van der Waals surface area contributed by atoms with Crippen LogP contribution in [-0.4, -0.2) is 18.5 Å². The Labute approximate surface area is 207 Å².